The first kappa shape index (κ1) is 9.57. The van der Waals surface area contributed by atoms with Gasteiger partial charge in [-0.3, -0.25) is 4.79 Å². The SMILES string of the molecule is CCn1nc(C(=O)N(C)C)cc1N. The summed E-state index contributed by atoms with van der Waals surface area (Å²) in [5.74, 6) is 0.395. The monoisotopic (exact) mass is 182 g/mol. The van der Waals surface area contributed by atoms with Crippen molar-refractivity contribution in [1.29, 1.82) is 0 Å². The summed E-state index contributed by atoms with van der Waals surface area (Å²) in [5, 5.41) is 4.05. The van der Waals surface area contributed by atoms with Gasteiger partial charge in [0, 0.05) is 26.7 Å². The standard InChI is InChI=1S/C8H14N4O/c1-4-12-7(9)5-6(10-12)8(13)11(2)3/h5H,4,9H2,1-3H3. The van der Waals surface area contributed by atoms with Crippen LogP contribution in [0.5, 0.6) is 0 Å². The number of nitrogens with zero attached hydrogens (tertiary/aromatic N) is 3. The van der Waals surface area contributed by atoms with Crippen molar-refractivity contribution in [3.63, 3.8) is 0 Å². The Kier molecular flexibility index (Phi) is 2.55. The Morgan fingerprint density at radius 1 is 1.69 bits per heavy atom. The lowest BCUT2D eigenvalue weighted by atomic mass is 10.4. The fourth-order valence-electron chi connectivity index (χ4n) is 1.02. The Hall–Kier alpha value is -1.52. The van der Waals surface area contributed by atoms with Crippen molar-refractivity contribution in [3.8, 4) is 0 Å². The van der Waals surface area contributed by atoms with Gasteiger partial charge in [0.15, 0.2) is 5.69 Å². The third kappa shape index (κ3) is 1.80. The van der Waals surface area contributed by atoms with Crippen molar-refractivity contribution in [2.45, 2.75) is 13.5 Å². The summed E-state index contributed by atoms with van der Waals surface area (Å²) in [7, 11) is 3.37. The zero-order valence-corrected chi connectivity index (χ0v) is 8.11. The molecule has 0 saturated carbocycles. The van der Waals surface area contributed by atoms with Crippen LogP contribution in [0.15, 0.2) is 6.07 Å². The first-order valence-electron chi connectivity index (χ1n) is 4.11. The number of carbonyl (C=O) groups excluding carboxylic acids is 1. The van der Waals surface area contributed by atoms with E-state index >= 15 is 0 Å². The Balaban J connectivity index is 2.97. The average Bonchev–Trinajstić information content (AvgIpc) is 2.45. The number of rotatable bonds is 2. The number of hydrogen-bond donors (Lipinski definition) is 1. The summed E-state index contributed by atoms with van der Waals surface area (Å²) in [6.45, 7) is 2.60. The van der Waals surface area contributed by atoms with Crippen LogP contribution < -0.4 is 5.73 Å². The zero-order chi connectivity index (χ0) is 10.0. The molecule has 0 aliphatic carbocycles. The van der Waals surface area contributed by atoms with Crippen molar-refractivity contribution >= 4 is 11.7 Å². The number of nitrogens with two attached hydrogens (primary N) is 1. The van der Waals surface area contributed by atoms with Crippen molar-refractivity contribution < 1.29 is 4.79 Å². The van der Waals surface area contributed by atoms with E-state index in [9.17, 15) is 4.79 Å². The first-order valence-corrected chi connectivity index (χ1v) is 4.11. The second-order valence-electron chi connectivity index (χ2n) is 2.97. The lowest BCUT2D eigenvalue weighted by molar-refractivity contribution is 0.0821. The van der Waals surface area contributed by atoms with E-state index in [1.807, 2.05) is 6.92 Å². The van der Waals surface area contributed by atoms with Gasteiger partial charge >= 0.3 is 0 Å². The molecule has 0 aromatic carbocycles. The van der Waals surface area contributed by atoms with E-state index in [-0.39, 0.29) is 5.91 Å². The second-order valence-corrected chi connectivity index (χ2v) is 2.97. The molecule has 0 fully saturated rings. The molecule has 0 bridgehead atoms. The van der Waals surface area contributed by atoms with Gasteiger partial charge in [0.05, 0.1) is 0 Å². The molecular weight excluding hydrogens is 168 g/mol. The summed E-state index contributed by atoms with van der Waals surface area (Å²) in [4.78, 5) is 12.9. The Bertz CT molecular complexity index is 316. The first-order chi connectivity index (χ1) is 6.06. The molecule has 5 heteroatoms. The summed E-state index contributed by atoms with van der Waals surface area (Å²) in [6, 6.07) is 1.59. The second kappa shape index (κ2) is 3.47. The maximum absolute atomic E-state index is 11.4. The fourth-order valence-corrected chi connectivity index (χ4v) is 1.02. The molecule has 1 rings (SSSR count). The van der Waals surface area contributed by atoms with E-state index in [0.717, 1.165) is 0 Å². The smallest absolute Gasteiger partial charge is 0.273 e. The van der Waals surface area contributed by atoms with Gasteiger partial charge in [-0.25, -0.2) is 4.68 Å². The molecule has 0 aliphatic heterocycles. The molecule has 0 saturated heterocycles. The van der Waals surface area contributed by atoms with Gasteiger partial charge in [-0.05, 0) is 6.92 Å². The predicted octanol–water partition coefficient (Wildman–Crippen LogP) is 0.187. The average molecular weight is 182 g/mol. The Morgan fingerprint density at radius 3 is 2.69 bits per heavy atom. The molecule has 1 aromatic rings. The van der Waals surface area contributed by atoms with E-state index < -0.39 is 0 Å². The number of aryl methyl sites for hydroxylation is 1. The predicted molar refractivity (Wildman–Crippen MR) is 50.3 cm³/mol. The molecule has 0 aliphatic rings. The minimum Gasteiger partial charge on any atom is -0.384 e. The highest BCUT2D eigenvalue weighted by Gasteiger charge is 2.13. The molecule has 0 spiro atoms. The van der Waals surface area contributed by atoms with Gasteiger partial charge in [0.1, 0.15) is 5.82 Å². The van der Waals surface area contributed by atoms with Crippen molar-refractivity contribution in [2.75, 3.05) is 19.8 Å². The Labute approximate surface area is 77.1 Å². The number of amides is 1. The fraction of sp³-hybridized carbons (Fsp3) is 0.500. The molecule has 72 valence electrons. The number of aromatic nitrogens is 2. The van der Waals surface area contributed by atoms with Crippen LogP contribution in [0.1, 0.15) is 17.4 Å². The lowest BCUT2D eigenvalue weighted by Crippen LogP contribution is -2.22. The molecule has 2 N–H and O–H groups in total. The van der Waals surface area contributed by atoms with Crippen LogP contribution in [0.4, 0.5) is 5.82 Å². The van der Waals surface area contributed by atoms with E-state index in [1.165, 1.54) is 4.90 Å². The molecular formula is C8H14N4O. The normalized spacial score (nSPS) is 10.1. The minimum absolute atomic E-state index is 0.126. The highest BCUT2D eigenvalue weighted by atomic mass is 16.2. The quantitative estimate of drug-likeness (QED) is 0.710. The Morgan fingerprint density at radius 2 is 2.31 bits per heavy atom. The number of nitrogen functional groups attached to an aromatic ring is 1. The molecule has 13 heavy (non-hydrogen) atoms. The van der Waals surface area contributed by atoms with Gasteiger partial charge in [-0.2, -0.15) is 5.10 Å². The van der Waals surface area contributed by atoms with E-state index in [0.29, 0.717) is 18.1 Å². The van der Waals surface area contributed by atoms with Crippen LogP contribution in [0.25, 0.3) is 0 Å². The van der Waals surface area contributed by atoms with Gasteiger partial charge in [-0.15, -0.1) is 0 Å². The molecule has 0 radical (unpaired) electrons. The summed E-state index contributed by atoms with van der Waals surface area (Å²) in [5.41, 5.74) is 6.01. The summed E-state index contributed by atoms with van der Waals surface area (Å²) in [6.07, 6.45) is 0. The summed E-state index contributed by atoms with van der Waals surface area (Å²) >= 11 is 0. The van der Waals surface area contributed by atoms with Crippen molar-refractivity contribution in [2.24, 2.45) is 0 Å². The van der Waals surface area contributed by atoms with Crippen molar-refractivity contribution in [1.82, 2.24) is 14.7 Å². The highest BCUT2D eigenvalue weighted by molar-refractivity contribution is 5.92. The molecule has 1 heterocycles. The molecule has 0 unspecified atom stereocenters. The van der Waals surface area contributed by atoms with Crippen LogP contribution in [-0.2, 0) is 6.54 Å². The van der Waals surface area contributed by atoms with Crippen LogP contribution in [-0.4, -0.2) is 34.7 Å². The number of hydrogen-bond acceptors (Lipinski definition) is 3. The van der Waals surface area contributed by atoms with E-state index in [2.05, 4.69) is 5.10 Å². The van der Waals surface area contributed by atoms with Crippen LogP contribution in [0, 0.1) is 0 Å². The maximum atomic E-state index is 11.4. The van der Waals surface area contributed by atoms with E-state index in [4.69, 9.17) is 5.73 Å². The summed E-state index contributed by atoms with van der Waals surface area (Å²) < 4.78 is 1.59. The number of carbonyl (C=O) groups is 1. The van der Waals surface area contributed by atoms with Gasteiger partial charge in [0.2, 0.25) is 0 Å². The van der Waals surface area contributed by atoms with Crippen LogP contribution in [0.2, 0.25) is 0 Å². The van der Waals surface area contributed by atoms with Gasteiger partial charge < -0.3 is 10.6 Å². The minimum atomic E-state index is -0.126. The lowest BCUT2D eigenvalue weighted by Gasteiger charge is -2.06. The third-order valence-electron chi connectivity index (χ3n) is 1.74. The maximum Gasteiger partial charge on any atom is 0.273 e. The van der Waals surface area contributed by atoms with E-state index in [1.54, 1.807) is 24.8 Å². The molecule has 1 aromatic heterocycles. The largest absolute Gasteiger partial charge is 0.384 e. The van der Waals surface area contributed by atoms with Crippen LogP contribution in [0.3, 0.4) is 0 Å². The van der Waals surface area contributed by atoms with Gasteiger partial charge in [-0.1, -0.05) is 0 Å². The van der Waals surface area contributed by atoms with Crippen molar-refractivity contribution in [3.05, 3.63) is 11.8 Å². The van der Waals surface area contributed by atoms with Crippen LogP contribution >= 0.6 is 0 Å². The molecule has 0 atom stereocenters. The molecule has 1 amide bonds. The number of anilines is 1. The van der Waals surface area contributed by atoms with Gasteiger partial charge in [0.25, 0.3) is 5.91 Å². The zero-order valence-electron chi connectivity index (χ0n) is 8.11. The third-order valence-corrected chi connectivity index (χ3v) is 1.74. The highest BCUT2D eigenvalue weighted by Crippen LogP contribution is 2.07. The topological polar surface area (TPSA) is 64.2 Å². The molecule has 5 nitrogen and oxygen atoms in total.